The summed E-state index contributed by atoms with van der Waals surface area (Å²) in [7, 11) is 0. The van der Waals surface area contributed by atoms with Gasteiger partial charge in [0.05, 0.1) is 24.5 Å². The van der Waals surface area contributed by atoms with E-state index in [2.05, 4.69) is 76.1 Å². The normalized spacial score (nSPS) is 10.7. The number of pyridine rings is 3. The number of nitrogens with zero attached hydrogens (tertiary/aromatic N) is 15. The molecule has 0 fully saturated rings. The summed E-state index contributed by atoms with van der Waals surface area (Å²) in [6.45, 7) is 7.84. The van der Waals surface area contributed by atoms with Crippen molar-refractivity contribution >= 4 is 33.2 Å². The molecule has 0 aliphatic carbocycles. The number of halogens is 4. The van der Waals surface area contributed by atoms with Crippen molar-refractivity contribution in [2.24, 2.45) is 0 Å². The van der Waals surface area contributed by atoms with E-state index in [0.29, 0.717) is 52.1 Å². The molecule has 0 saturated heterocycles. The molecule has 0 saturated carbocycles. The van der Waals surface area contributed by atoms with Crippen LogP contribution in [0.25, 0.3) is 61.6 Å². The second-order valence-electron chi connectivity index (χ2n) is 14.6. The van der Waals surface area contributed by atoms with Crippen LogP contribution in [0.3, 0.4) is 0 Å². The first-order valence-electron chi connectivity index (χ1n) is 21.0. The van der Waals surface area contributed by atoms with Crippen molar-refractivity contribution in [3.05, 3.63) is 214 Å². The third kappa shape index (κ3) is 11.1. The third-order valence-electron chi connectivity index (χ3n) is 10.0. The van der Waals surface area contributed by atoms with Gasteiger partial charge in [0.2, 0.25) is 18.0 Å². The Morgan fingerprint density at radius 2 is 1.11 bits per heavy atom. The number of thiazole rings is 1. The maximum Gasteiger partial charge on any atom is 0.360 e. The number of hydrogen-bond donors (Lipinski definition) is 0. The van der Waals surface area contributed by atoms with Crippen molar-refractivity contribution in [2.45, 2.75) is 19.6 Å². The summed E-state index contributed by atoms with van der Waals surface area (Å²) in [6.07, 6.45) is 7.96. The Bertz CT molecular complexity index is 3510. The lowest BCUT2D eigenvalue weighted by atomic mass is 10.2. The van der Waals surface area contributed by atoms with E-state index in [4.69, 9.17) is 11.1 Å². The molecule has 3 aromatic carbocycles. The number of aromatic nitrogens is 14. The summed E-state index contributed by atoms with van der Waals surface area (Å²) in [5.41, 5.74) is 5.03. The highest BCUT2D eigenvalue weighted by Gasteiger charge is 2.20. The first-order chi connectivity index (χ1) is 34.3. The Balaban J connectivity index is 0.000000131. The molecule has 21 heteroatoms. The van der Waals surface area contributed by atoms with E-state index in [9.17, 15) is 13.2 Å². The molecule has 0 aliphatic rings. The van der Waals surface area contributed by atoms with Crippen molar-refractivity contribution < 1.29 is 17.7 Å². The van der Waals surface area contributed by atoms with E-state index in [1.165, 1.54) is 45.3 Å². The molecule has 0 unspecified atom stereocenters. The summed E-state index contributed by atoms with van der Waals surface area (Å²) in [6, 6.07) is 36.1. The van der Waals surface area contributed by atoms with Crippen LogP contribution in [-0.4, -0.2) is 69.4 Å². The molecule has 8 heterocycles. The number of rotatable bonds is 11. The van der Waals surface area contributed by atoms with E-state index in [1.54, 1.807) is 102 Å². The smallest absolute Gasteiger partial charge is 0.360 e. The van der Waals surface area contributed by atoms with Gasteiger partial charge in [-0.3, -0.25) is 19.6 Å². The maximum absolute atomic E-state index is 14.1. The molecule has 0 N–H and O–H groups in total. The molecular formula is C49H33BrF3N15OS. The van der Waals surface area contributed by atoms with Gasteiger partial charge >= 0.3 is 5.95 Å². The average molecular weight is 1020 g/mol. The van der Waals surface area contributed by atoms with Gasteiger partial charge in [0.25, 0.3) is 5.82 Å². The molecule has 0 atom stereocenters. The molecule has 0 radical (unpaired) electrons. The van der Waals surface area contributed by atoms with Crippen molar-refractivity contribution in [3.8, 4) is 56.8 Å². The van der Waals surface area contributed by atoms with Gasteiger partial charge in [-0.25, -0.2) is 27.8 Å². The van der Waals surface area contributed by atoms with E-state index in [1.807, 2.05) is 41.8 Å². The van der Waals surface area contributed by atoms with Crippen molar-refractivity contribution in [2.75, 3.05) is 0 Å². The van der Waals surface area contributed by atoms with Crippen LogP contribution < -0.4 is 0 Å². The lowest BCUT2D eigenvalue weighted by Crippen LogP contribution is -2.06. The van der Waals surface area contributed by atoms with Gasteiger partial charge in [-0.2, -0.15) is 14.8 Å². The van der Waals surface area contributed by atoms with Crippen molar-refractivity contribution in [3.63, 3.8) is 0 Å². The molecule has 0 aliphatic heterocycles. The molecule has 0 spiro atoms. The van der Waals surface area contributed by atoms with Crippen LogP contribution in [0.1, 0.15) is 16.7 Å². The molecule has 0 amide bonds. The van der Waals surface area contributed by atoms with Crippen LogP contribution in [0.2, 0.25) is 0 Å². The lowest BCUT2D eigenvalue weighted by molar-refractivity contribution is 0.418. The van der Waals surface area contributed by atoms with Gasteiger partial charge in [0, 0.05) is 51.3 Å². The Kier molecular flexibility index (Phi) is 14.4. The summed E-state index contributed by atoms with van der Waals surface area (Å²) < 4.78 is 52.1. The molecular weight excluding hydrogens is 984 g/mol. The highest BCUT2D eigenvalue weighted by molar-refractivity contribution is 9.10. The second-order valence-corrected chi connectivity index (χ2v) is 16.5. The topological polar surface area (TPSA) is 174 Å². The first-order valence-corrected chi connectivity index (χ1v) is 22.6. The zero-order valence-electron chi connectivity index (χ0n) is 36.2. The molecule has 8 aromatic heterocycles. The molecule has 16 nitrogen and oxygen atoms in total. The Hall–Kier alpha value is -8.87. The second kappa shape index (κ2) is 21.8. The van der Waals surface area contributed by atoms with Gasteiger partial charge < -0.3 is 9.37 Å². The Morgan fingerprint density at radius 3 is 1.66 bits per heavy atom. The maximum atomic E-state index is 14.1. The fraction of sp³-hybridized carbons (Fsp3) is 0.0612. The number of hydrogen-bond acceptors (Lipinski definition) is 13. The van der Waals surface area contributed by atoms with Crippen molar-refractivity contribution in [1.82, 2.24) is 69.4 Å². The van der Waals surface area contributed by atoms with Gasteiger partial charge in [-0.05, 0) is 60.7 Å². The standard InChI is InChI=1S/C18H12BrFN4S.C16H11FN6O.C15H10FN5/c19-13-5-6-21-15(9-13)16-10-17(18-22-7-8-25-18)24(23-16)11-12-3-1-2-4-14(12)20;17-12-6-2-1-5-11(12)9-23-16(15-19-10-24-22-15)20-14(21-23)13-7-3-4-8-18-13;1-17-15-19-14(13-8-4-5-9-18-13)20-21(15)10-11-6-2-3-7-12(11)16/h1-10H,11H2;1-8,10H,9H2;2-9H,10H2. The fourth-order valence-electron chi connectivity index (χ4n) is 6.71. The zero-order valence-corrected chi connectivity index (χ0v) is 38.6. The summed E-state index contributed by atoms with van der Waals surface area (Å²) in [5.74, 6) is 0.650. The monoisotopic (exact) mass is 1020 g/mol. The highest BCUT2D eigenvalue weighted by atomic mass is 79.9. The summed E-state index contributed by atoms with van der Waals surface area (Å²) >= 11 is 4.97. The SMILES string of the molecule is Fc1ccccc1Cn1nc(-c2cc(Br)ccn2)cc1-c1nccs1.Fc1ccccc1Cn1nc(-c2ccccn2)nc1-c1ncon1.[C-]#[N+]c1nc(-c2ccccn2)nn1Cc1ccccc1F. The molecule has 11 rings (SSSR count). The Morgan fingerprint density at radius 1 is 0.543 bits per heavy atom. The first kappa shape index (κ1) is 46.2. The Labute approximate surface area is 408 Å². The fourth-order valence-corrected chi connectivity index (χ4v) is 7.70. The van der Waals surface area contributed by atoms with Crippen molar-refractivity contribution in [1.29, 1.82) is 0 Å². The van der Waals surface area contributed by atoms with Crippen LogP contribution in [0.5, 0.6) is 0 Å². The molecule has 11 aromatic rings. The minimum atomic E-state index is -0.330. The van der Waals surface area contributed by atoms with Gasteiger partial charge in [-0.1, -0.05) is 92.9 Å². The predicted octanol–water partition coefficient (Wildman–Crippen LogP) is 10.7. The van der Waals surface area contributed by atoms with Gasteiger partial charge in [0.1, 0.15) is 46.1 Å². The van der Waals surface area contributed by atoms with Crippen LogP contribution in [-0.2, 0) is 19.6 Å². The summed E-state index contributed by atoms with van der Waals surface area (Å²) in [5, 5.41) is 19.9. The van der Waals surface area contributed by atoms with E-state index < -0.39 is 0 Å². The molecule has 0 bridgehead atoms. The van der Waals surface area contributed by atoms with Crippen LogP contribution in [0.4, 0.5) is 19.1 Å². The largest absolute Gasteiger partial charge is 0.395 e. The quantitative estimate of drug-likeness (QED) is 0.112. The third-order valence-corrected chi connectivity index (χ3v) is 11.3. The number of benzene rings is 3. The van der Waals surface area contributed by atoms with E-state index in [-0.39, 0.29) is 42.3 Å². The van der Waals surface area contributed by atoms with Gasteiger partial charge in [0.15, 0.2) is 5.82 Å². The van der Waals surface area contributed by atoms with Crippen LogP contribution in [0, 0.1) is 24.0 Å². The molecule has 344 valence electrons. The summed E-state index contributed by atoms with van der Waals surface area (Å²) in [4.78, 5) is 33.0. The zero-order chi connectivity index (χ0) is 48.2. The molecule has 70 heavy (non-hydrogen) atoms. The minimum absolute atomic E-state index is 0.110. The minimum Gasteiger partial charge on any atom is -0.395 e. The predicted molar refractivity (Wildman–Crippen MR) is 257 cm³/mol. The van der Waals surface area contributed by atoms with Gasteiger partial charge in [-0.15, -0.1) is 28.0 Å². The van der Waals surface area contributed by atoms with E-state index in [0.717, 1.165) is 26.6 Å². The van der Waals surface area contributed by atoms with E-state index >= 15 is 0 Å². The van der Waals surface area contributed by atoms with Crippen LogP contribution in [0.15, 0.2) is 173 Å². The lowest BCUT2D eigenvalue weighted by Gasteiger charge is -2.06. The van der Waals surface area contributed by atoms with Crippen LogP contribution >= 0.6 is 27.3 Å². The highest BCUT2D eigenvalue weighted by Crippen LogP contribution is 2.29. The average Bonchev–Trinajstić information content (AvgIpc) is 4.26.